The molecule has 0 radical (unpaired) electrons. The number of fused-ring (bicyclic) bond motifs is 1. The van der Waals surface area contributed by atoms with Gasteiger partial charge in [-0.15, -0.1) is 0 Å². The van der Waals surface area contributed by atoms with Gasteiger partial charge in [0.15, 0.2) is 11.5 Å². The van der Waals surface area contributed by atoms with Crippen LogP contribution in [0.2, 0.25) is 0 Å². The van der Waals surface area contributed by atoms with Gasteiger partial charge in [-0.1, -0.05) is 12.1 Å². The molecule has 2 N–H and O–H groups in total. The summed E-state index contributed by atoms with van der Waals surface area (Å²) in [6.07, 6.45) is 1.62. The van der Waals surface area contributed by atoms with Gasteiger partial charge in [0.05, 0.1) is 0 Å². The molecule has 3 rings (SSSR count). The molecular weight excluding hydrogens is 244 g/mol. The highest BCUT2D eigenvalue weighted by molar-refractivity contribution is 5.54. The Morgan fingerprint density at radius 1 is 0.895 bits per heavy atom. The van der Waals surface area contributed by atoms with E-state index in [0.29, 0.717) is 11.5 Å². The molecule has 2 aromatic rings. The fourth-order valence-corrected chi connectivity index (χ4v) is 2.14. The minimum absolute atomic E-state index is 0.121. The number of rotatable bonds is 3. The lowest BCUT2D eigenvalue weighted by molar-refractivity contribution is 0.171. The number of phenolic OH excluding ortho intramolecular Hbond substituents is 2. The maximum Gasteiger partial charge on any atom is 0.231 e. The van der Waals surface area contributed by atoms with Crippen LogP contribution in [0.4, 0.5) is 0 Å². The predicted molar refractivity (Wildman–Crippen MR) is 69.7 cm³/mol. The molecule has 0 saturated carbocycles. The van der Waals surface area contributed by atoms with E-state index in [1.807, 2.05) is 18.2 Å². The Kier molecular flexibility index (Phi) is 2.91. The summed E-state index contributed by atoms with van der Waals surface area (Å²) in [4.78, 5) is 0. The van der Waals surface area contributed by atoms with E-state index >= 15 is 0 Å². The van der Waals surface area contributed by atoms with Crippen molar-refractivity contribution in [1.82, 2.24) is 0 Å². The molecule has 4 heteroatoms. The molecule has 2 aromatic carbocycles. The van der Waals surface area contributed by atoms with Gasteiger partial charge in [0.1, 0.15) is 5.75 Å². The first-order valence-electron chi connectivity index (χ1n) is 6.12. The van der Waals surface area contributed by atoms with Gasteiger partial charge in [-0.25, -0.2) is 0 Å². The van der Waals surface area contributed by atoms with E-state index in [-0.39, 0.29) is 18.3 Å². The number of hydrogen-bond donors (Lipinski definition) is 2. The second-order valence-electron chi connectivity index (χ2n) is 4.52. The highest BCUT2D eigenvalue weighted by atomic mass is 16.7. The van der Waals surface area contributed by atoms with E-state index < -0.39 is 0 Å². The fraction of sp³-hybridized carbons (Fsp3) is 0.200. The molecule has 4 nitrogen and oxygen atoms in total. The molecule has 0 amide bonds. The molecular formula is C15H14O4. The minimum Gasteiger partial charge on any atom is -0.508 e. The minimum atomic E-state index is 0.121. The number of hydrogen-bond acceptors (Lipinski definition) is 4. The van der Waals surface area contributed by atoms with E-state index in [2.05, 4.69) is 0 Å². The second kappa shape index (κ2) is 4.72. The highest BCUT2D eigenvalue weighted by Crippen LogP contribution is 2.41. The summed E-state index contributed by atoms with van der Waals surface area (Å²) < 4.78 is 10.4. The highest BCUT2D eigenvalue weighted by Gasteiger charge is 2.18. The van der Waals surface area contributed by atoms with Crippen LogP contribution in [0, 0.1) is 0 Å². The number of ether oxygens (including phenoxy) is 2. The third-order valence-electron chi connectivity index (χ3n) is 3.15. The Balaban J connectivity index is 1.73. The molecule has 1 aliphatic heterocycles. The number of aromatic hydroxyl groups is 2. The summed E-state index contributed by atoms with van der Waals surface area (Å²) in [5, 5.41) is 19.0. The summed E-state index contributed by atoms with van der Waals surface area (Å²) in [7, 11) is 0. The monoisotopic (exact) mass is 258 g/mol. The molecule has 1 aliphatic rings. The van der Waals surface area contributed by atoms with Gasteiger partial charge in [-0.3, -0.25) is 0 Å². The molecule has 98 valence electrons. The predicted octanol–water partition coefficient (Wildman–Crippen LogP) is 2.61. The zero-order valence-electron chi connectivity index (χ0n) is 10.3. The normalized spacial score (nSPS) is 12.6. The van der Waals surface area contributed by atoms with Gasteiger partial charge in [0, 0.05) is 0 Å². The standard InChI is InChI=1S/C15H14O4/c16-12-5-3-10(4-6-12)1-2-11-7-13(17)15-14(8-11)18-9-19-15/h3-8,16-17H,1-2,9H2. The van der Waals surface area contributed by atoms with Crippen LogP contribution in [0.5, 0.6) is 23.0 Å². The van der Waals surface area contributed by atoms with Gasteiger partial charge in [-0.2, -0.15) is 0 Å². The van der Waals surface area contributed by atoms with Crippen molar-refractivity contribution < 1.29 is 19.7 Å². The summed E-state index contributed by atoms with van der Waals surface area (Å²) in [5.41, 5.74) is 2.13. The van der Waals surface area contributed by atoms with E-state index in [1.165, 1.54) is 0 Å². The van der Waals surface area contributed by atoms with E-state index in [0.717, 1.165) is 24.0 Å². The van der Waals surface area contributed by atoms with Gasteiger partial charge >= 0.3 is 0 Å². The van der Waals surface area contributed by atoms with Gasteiger partial charge in [0.25, 0.3) is 0 Å². The van der Waals surface area contributed by atoms with Crippen molar-refractivity contribution >= 4 is 0 Å². The van der Waals surface area contributed by atoms with Gasteiger partial charge < -0.3 is 19.7 Å². The summed E-state index contributed by atoms with van der Waals surface area (Å²) >= 11 is 0. The van der Waals surface area contributed by atoms with Crippen LogP contribution in [0.25, 0.3) is 0 Å². The summed E-state index contributed by atoms with van der Waals surface area (Å²) in [6.45, 7) is 0.157. The maximum absolute atomic E-state index is 9.81. The first-order valence-corrected chi connectivity index (χ1v) is 6.12. The Morgan fingerprint density at radius 2 is 1.63 bits per heavy atom. The van der Waals surface area contributed by atoms with Crippen molar-refractivity contribution in [2.24, 2.45) is 0 Å². The first-order chi connectivity index (χ1) is 9.22. The van der Waals surface area contributed by atoms with Crippen LogP contribution in [0.15, 0.2) is 36.4 Å². The molecule has 0 aromatic heterocycles. The Labute approximate surface area is 110 Å². The SMILES string of the molecule is Oc1ccc(CCc2cc(O)c3c(c2)OCO3)cc1. The van der Waals surface area contributed by atoms with Crippen molar-refractivity contribution in [3.05, 3.63) is 47.5 Å². The van der Waals surface area contributed by atoms with Gasteiger partial charge in [-0.05, 0) is 48.2 Å². The lowest BCUT2D eigenvalue weighted by Crippen LogP contribution is -1.93. The lowest BCUT2D eigenvalue weighted by Gasteiger charge is -2.05. The zero-order valence-corrected chi connectivity index (χ0v) is 10.3. The van der Waals surface area contributed by atoms with Crippen LogP contribution >= 0.6 is 0 Å². The van der Waals surface area contributed by atoms with Gasteiger partial charge in [0.2, 0.25) is 12.5 Å². The summed E-state index contributed by atoms with van der Waals surface area (Å²) in [5.74, 6) is 1.41. The van der Waals surface area contributed by atoms with Crippen LogP contribution in [-0.2, 0) is 12.8 Å². The maximum atomic E-state index is 9.81. The van der Waals surface area contributed by atoms with Crippen molar-refractivity contribution in [2.45, 2.75) is 12.8 Å². The summed E-state index contributed by atoms with van der Waals surface area (Å²) in [6, 6.07) is 10.7. The first kappa shape index (κ1) is 11.7. The fourth-order valence-electron chi connectivity index (χ4n) is 2.14. The molecule has 0 saturated heterocycles. The molecule has 19 heavy (non-hydrogen) atoms. The Hall–Kier alpha value is -2.36. The Bertz CT molecular complexity index is 590. The van der Waals surface area contributed by atoms with E-state index in [1.54, 1.807) is 18.2 Å². The van der Waals surface area contributed by atoms with Crippen LogP contribution in [-0.4, -0.2) is 17.0 Å². The lowest BCUT2D eigenvalue weighted by atomic mass is 10.0. The molecule has 0 aliphatic carbocycles. The Morgan fingerprint density at radius 3 is 2.42 bits per heavy atom. The smallest absolute Gasteiger partial charge is 0.231 e. The van der Waals surface area contributed by atoms with Crippen molar-refractivity contribution in [3.63, 3.8) is 0 Å². The largest absolute Gasteiger partial charge is 0.508 e. The molecule has 0 unspecified atom stereocenters. The zero-order chi connectivity index (χ0) is 13.2. The molecule has 0 fully saturated rings. The quantitative estimate of drug-likeness (QED) is 0.888. The molecule has 0 atom stereocenters. The molecule has 0 spiro atoms. The van der Waals surface area contributed by atoms with Crippen molar-refractivity contribution in [1.29, 1.82) is 0 Å². The van der Waals surface area contributed by atoms with Crippen LogP contribution in [0.3, 0.4) is 0 Å². The third-order valence-corrected chi connectivity index (χ3v) is 3.15. The number of phenols is 2. The second-order valence-corrected chi connectivity index (χ2v) is 4.52. The van der Waals surface area contributed by atoms with Crippen molar-refractivity contribution in [2.75, 3.05) is 6.79 Å². The van der Waals surface area contributed by atoms with E-state index in [4.69, 9.17) is 9.47 Å². The van der Waals surface area contributed by atoms with Crippen molar-refractivity contribution in [3.8, 4) is 23.0 Å². The van der Waals surface area contributed by atoms with Crippen LogP contribution < -0.4 is 9.47 Å². The van der Waals surface area contributed by atoms with E-state index in [9.17, 15) is 10.2 Å². The third kappa shape index (κ3) is 2.42. The average Bonchev–Trinajstić information content (AvgIpc) is 2.87. The van der Waals surface area contributed by atoms with Crippen LogP contribution in [0.1, 0.15) is 11.1 Å². The molecule has 1 heterocycles. The topological polar surface area (TPSA) is 58.9 Å². The number of aryl methyl sites for hydroxylation is 2. The number of benzene rings is 2. The average molecular weight is 258 g/mol. The molecule has 0 bridgehead atoms.